The number of ketones is 2. The summed E-state index contributed by atoms with van der Waals surface area (Å²) >= 11 is 4.64. The van der Waals surface area contributed by atoms with Crippen LogP contribution in [0.15, 0.2) is 60.7 Å². The van der Waals surface area contributed by atoms with Crippen LogP contribution >= 0.6 is 11.6 Å². The van der Waals surface area contributed by atoms with Crippen LogP contribution in [0.2, 0.25) is 0 Å². The molecule has 0 saturated heterocycles. The Hall–Kier alpha value is -2.83. The Balaban J connectivity index is 0.000000322. The van der Waals surface area contributed by atoms with E-state index in [9.17, 15) is 19.2 Å². The van der Waals surface area contributed by atoms with Crippen LogP contribution in [0.4, 0.5) is 0 Å². The fourth-order valence-electron chi connectivity index (χ4n) is 8.22. The van der Waals surface area contributed by atoms with Gasteiger partial charge in [-0.2, -0.15) is 0 Å². The van der Waals surface area contributed by atoms with Gasteiger partial charge in [0.05, 0.1) is 6.04 Å². The van der Waals surface area contributed by atoms with Gasteiger partial charge in [0.2, 0.25) is 11.1 Å². The highest BCUT2D eigenvalue weighted by Gasteiger charge is 2.36. The van der Waals surface area contributed by atoms with Gasteiger partial charge >= 0.3 is 0 Å². The molecule has 6 nitrogen and oxygen atoms in total. The molecule has 8 atom stereocenters. The van der Waals surface area contributed by atoms with Crippen molar-refractivity contribution >= 4 is 34.3 Å². The standard InChI is InChI=1S/C22H33NO2.C20H31NO.C2H3ClO/c1-15(2)19-11-10-16(3)14-20(19)22(25)13-12-21(23-17(4)24)18-8-6-5-7-9-18;1-14(2)17-10-9-15(3)13-18(17)20(22)12-11-19(21)16-7-5-4-6-8-16;1-2(3)4/h5-9,15-16,19-21H,10-14H2,1-4H3,(H,23,24);4-8,14-15,17-19H,9-13,21H2,1-3H3;1H3/t16-,19+,20-,21-;15-,17+,18-,19-;/m11./s1. The van der Waals surface area contributed by atoms with Crippen molar-refractivity contribution in [2.75, 3.05) is 0 Å². The first kappa shape index (κ1) is 44.3. The summed E-state index contributed by atoms with van der Waals surface area (Å²) in [5.74, 6) is 4.79. The first-order valence-corrected chi connectivity index (χ1v) is 19.8. The van der Waals surface area contributed by atoms with Crippen LogP contribution in [-0.2, 0) is 19.2 Å². The van der Waals surface area contributed by atoms with E-state index >= 15 is 0 Å². The predicted molar refractivity (Wildman–Crippen MR) is 211 cm³/mol. The largest absolute Gasteiger partial charge is 0.350 e. The van der Waals surface area contributed by atoms with E-state index in [1.807, 2.05) is 48.5 Å². The molecule has 2 aromatic rings. The molecule has 2 fully saturated rings. The summed E-state index contributed by atoms with van der Waals surface area (Å²) in [6.07, 6.45) is 9.60. The molecule has 2 aromatic carbocycles. The topological polar surface area (TPSA) is 106 Å². The van der Waals surface area contributed by atoms with Gasteiger partial charge in [-0.1, -0.05) is 115 Å². The van der Waals surface area contributed by atoms with Gasteiger partial charge in [-0.05, 0) is 96.8 Å². The molecule has 2 saturated carbocycles. The highest BCUT2D eigenvalue weighted by Crippen LogP contribution is 2.40. The second kappa shape index (κ2) is 23.0. The lowest BCUT2D eigenvalue weighted by Crippen LogP contribution is -2.34. The van der Waals surface area contributed by atoms with Gasteiger partial charge in [0.25, 0.3) is 0 Å². The van der Waals surface area contributed by atoms with Crippen molar-refractivity contribution in [2.24, 2.45) is 53.1 Å². The highest BCUT2D eigenvalue weighted by atomic mass is 35.5. The van der Waals surface area contributed by atoms with E-state index in [1.165, 1.54) is 39.5 Å². The van der Waals surface area contributed by atoms with Crippen molar-refractivity contribution in [1.29, 1.82) is 0 Å². The molecule has 51 heavy (non-hydrogen) atoms. The highest BCUT2D eigenvalue weighted by molar-refractivity contribution is 6.62. The van der Waals surface area contributed by atoms with E-state index in [0.29, 0.717) is 66.3 Å². The number of benzene rings is 2. The Morgan fingerprint density at radius 2 is 1.08 bits per heavy atom. The van der Waals surface area contributed by atoms with Crippen molar-refractivity contribution in [1.82, 2.24) is 5.32 Å². The average Bonchev–Trinajstić information content (AvgIpc) is 3.09. The van der Waals surface area contributed by atoms with Crippen LogP contribution in [-0.4, -0.2) is 22.7 Å². The lowest BCUT2D eigenvalue weighted by molar-refractivity contribution is -0.128. The summed E-state index contributed by atoms with van der Waals surface area (Å²) in [5, 5.41) is 2.64. The van der Waals surface area contributed by atoms with Crippen molar-refractivity contribution in [3.63, 3.8) is 0 Å². The second-order valence-corrected chi connectivity index (χ2v) is 16.6. The maximum atomic E-state index is 13.0. The number of rotatable bonds is 13. The monoisotopic (exact) mass is 722 g/mol. The fourth-order valence-corrected chi connectivity index (χ4v) is 8.22. The Morgan fingerprint density at radius 3 is 1.47 bits per heavy atom. The molecule has 284 valence electrons. The molecule has 7 heteroatoms. The van der Waals surface area contributed by atoms with Gasteiger partial charge in [-0.25, -0.2) is 0 Å². The summed E-state index contributed by atoms with van der Waals surface area (Å²) < 4.78 is 0. The summed E-state index contributed by atoms with van der Waals surface area (Å²) in [6, 6.07) is 20.0. The minimum atomic E-state index is -0.361. The Labute approximate surface area is 314 Å². The number of nitrogens with two attached hydrogens (primary N) is 1. The van der Waals surface area contributed by atoms with Crippen LogP contribution in [0.3, 0.4) is 0 Å². The van der Waals surface area contributed by atoms with E-state index in [4.69, 9.17) is 5.73 Å². The van der Waals surface area contributed by atoms with E-state index in [1.54, 1.807) is 0 Å². The van der Waals surface area contributed by atoms with Gasteiger partial charge in [0.15, 0.2) is 0 Å². The third-order valence-corrected chi connectivity index (χ3v) is 11.1. The smallest absolute Gasteiger partial charge is 0.218 e. The Morgan fingerprint density at radius 1 is 0.686 bits per heavy atom. The molecule has 0 aromatic heterocycles. The van der Waals surface area contributed by atoms with E-state index < -0.39 is 0 Å². The zero-order valence-corrected chi connectivity index (χ0v) is 33.5. The number of carbonyl (C=O) groups excluding carboxylic acids is 4. The van der Waals surface area contributed by atoms with Crippen LogP contribution in [0, 0.1) is 47.3 Å². The molecule has 0 aliphatic heterocycles. The summed E-state index contributed by atoms with van der Waals surface area (Å²) in [6.45, 7) is 16.4. The molecule has 0 heterocycles. The minimum absolute atomic E-state index is 0.0244. The van der Waals surface area contributed by atoms with Crippen LogP contribution < -0.4 is 11.1 Å². The predicted octanol–water partition coefficient (Wildman–Crippen LogP) is 10.4. The minimum Gasteiger partial charge on any atom is -0.350 e. The number of hydrogen-bond donors (Lipinski definition) is 2. The molecule has 2 aliphatic carbocycles. The quantitative estimate of drug-likeness (QED) is 0.200. The third-order valence-electron chi connectivity index (χ3n) is 11.1. The Kier molecular flexibility index (Phi) is 20.0. The van der Waals surface area contributed by atoms with E-state index in [0.717, 1.165) is 30.4 Å². The first-order chi connectivity index (χ1) is 24.1. The zero-order valence-electron chi connectivity index (χ0n) is 32.7. The van der Waals surface area contributed by atoms with Gasteiger partial charge in [0, 0.05) is 44.6 Å². The second-order valence-electron chi connectivity index (χ2n) is 16.0. The van der Waals surface area contributed by atoms with Crippen molar-refractivity contribution < 1.29 is 19.2 Å². The van der Waals surface area contributed by atoms with Gasteiger partial charge in [0.1, 0.15) is 11.6 Å². The molecule has 0 bridgehead atoms. The number of halogens is 1. The number of Topliss-reactive ketones (excluding diaryl/α,β-unsaturated/α-hetero) is 2. The number of carbonyl (C=O) groups is 4. The molecular formula is C44H67ClN2O4. The first-order valence-electron chi connectivity index (χ1n) is 19.4. The normalized spacial score (nSPS) is 24.2. The third kappa shape index (κ3) is 16.2. The lowest BCUT2D eigenvalue weighted by Gasteiger charge is -2.36. The molecule has 0 unspecified atom stereocenters. The number of hydrogen-bond acceptors (Lipinski definition) is 5. The van der Waals surface area contributed by atoms with Crippen LogP contribution in [0.5, 0.6) is 0 Å². The van der Waals surface area contributed by atoms with Crippen LogP contribution in [0.25, 0.3) is 0 Å². The molecular weight excluding hydrogens is 656 g/mol. The van der Waals surface area contributed by atoms with Crippen molar-refractivity contribution in [2.45, 2.75) is 132 Å². The number of amides is 1. The summed E-state index contributed by atoms with van der Waals surface area (Å²) in [4.78, 5) is 46.5. The summed E-state index contributed by atoms with van der Waals surface area (Å²) in [5.41, 5.74) is 8.45. The van der Waals surface area contributed by atoms with Crippen molar-refractivity contribution in [3.05, 3.63) is 71.8 Å². The molecule has 0 spiro atoms. The van der Waals surface area contributed by atoms with Gasteiger partial charge in [-0.15, -0.1) is 0 Å². The van der Waals surface area contributed by atoms with Crippen molar-refractivity contribution in [3.8, 4) is 0 Å². The van der Waals surface area contributed by atoms with E-state index in [2.05, 4.69) is 70.6 Å². The molecule has 4 rings (SSSR count). The summed E-state index contributed by atoms with van der Waals surface area (Å²) in [7, 11) is 0. The van der Waals surface area contributed by atoms with Crippen LogP contribution in [0.1, 0.15) is 143 Å². The maximum Gasteiger partial charge on any atom is 0.218 e. The fraction of sp³-hybridized carbons (Fsp3) is 0.636. The molecule has 2 aliphatic rings. The number of nitrogens with one attached hydrogen (secondary N) is 1. The maximum absolute atomic E-state index is 13.0. The van der Waals surface area contributed by atoms with Gasteiger partial charge < -0.3 is 11.1 Å². The Bertz CT molecular complexity index is 1330. The molecule has 1 amide bonds. The lowest BCUT2D eigenvalue weighted by atomic mass is 9.68. The van der Waals surface area contributed by atoms with Gasteiger partial charge in [-0.3, -0.25) is 19.2 Å². The molecule has 0 radical (unpaired) electrons. The SMILES string of the molecule is CC(=O)Cl.CC(=O)N[C@H](CCC(=O)[C@@H]1C[C@H](C)CC[C@H]1C(C)C)c1ccccc1.CC(C)[C@@H]1CC[C@@H](C)C[C@H]1C(=O)CC[C@@H](N)c1ccccc1. The molecule has 3 N–H and O–H groups in total. The zero-order chi connectivity index (χ0) is 38.1. The average molecular weight is 723 g/mol. The van der Waals surface area contributed by atoms with E-state index in [-0.39, 0.29) is 35.1 Å².